The molecule has 0 aliphatic rings. The molecule has 0 aliphatic carbocycles. The lowest BCUT2D eigenvalue weighted by Gasteiger charge is -2.01. The van der Waals surface area contributed by atoms with Gasteiger partial charge in [0.25, 0.3) is 0 Å². The van der Waals surface area contributed by atoms with Crippen LogP contribution in [0.4, 0.5) is 0 Å². The smallest absolute Gasteiger partial charge is 0.303 e. The lowest BCUT2D eigenvalue weighted by atomic mass is 10.3. The minimum absolute atomic E-state index is 0.121. The van der Waals surface area contributed by atoms with E-state index in [0.717, 1.165) is 5.69 Å². The summed E-state index contributed by atoms with van der Waals surface area (Å²) < 4.78 is 1.65. The van der Waals surface area contributed by atoms with Crippen molar-refractivity contribution in [2.75, 3.05) is 0 Å². The first-order chi connectivity index (χ1) is 6.63. The predicted molar refractivity (Wildman–Crippen MR) is 49.2 cm³/mol. The van der Waals surface area contributed by atoms with Crippen LogP contribution < -0.4 is 0 Å². The van der Waals surface area contributed by atoms with Gasteiger partial charge in [0.15, 0.2) is 6.29 Å². The Hall–Kier alpha value is -1.65. The maximum absolute atomic E-state index is 10.4. The van der Waals surface area contributed by atoms with Crippen molar-refractivity contribution in [1.82, 2.24) is 9.78 Å². The zero-order chi connectivity index (χ0) is 10.6. The van der Waals surface area contributed by atoms with Gasteiger partial charge >= 0.3 is 5.97 Å². The van der Waals surface area contributed by atoms with Crippen molar-refractivity contribution >= 4 is 12.3 Å². The first kappa shape index (κ1) is 10.4. The van der Waals surface area contributed by atoms with Crippen molar-refractivity contribution in [1.29, 1.82) is 0 Å². The number of carboxylic acids is 1. The van der Waals surface area contributed by atoms with Gasteiger partial charge in [-0.3, -0.25) is 14.3 Å². The molecule has 1 aromatic rings. The number of rotatable bonds is 5. The van der Waals surface area contributed by atoms with E-state index in [1.54, 1.807) is 10.7 Å². The normalized spacial score (nSPS) is 10.1. The molecular weight excluding hydrogens is 184 g/mol. The number of carbonyl (C=O) groups is 2. The number of aldehydes is 1. The first-order valence-electron chi connectivity index (χ1n) is 4.35. The molecule has 0 amide bonds. The largest absolute Gasteiger partial charge is 0.481 e. The Bertz CT molecular complexity index is 344. The molecule has 0 aromatic carbocycles. The van der Waals surface area contributed by atoms with Gasteiger partial charge in [-0.15, -0.1) is 0 Å². The lowest BCUT2D eigenvalue weighted by Crippen LogP contribution is -2.05. The second kappa shape index (κ2) is 4.55. The maximum atomic E-state index is 10.4. The van der Waals surface area contributed by atoms with Gasteiger partial charge in [0, 0.05) is 18.7 Å². The van der Waals surface area contributed by atoms with Crippen LogP contribution in [0.15, 0.2) is 6.07 Å². The van der Waals surface area contributed by atoms with Crippen LogP contribution in [0.5, 0.6) is 0 Å². The van der Waals surface area contributed by atoms with Crippen molar-refractivity contribution in [3.8, 4) is 0 Å². The topological polar surface area (TPSA) is 72.2 Å². The summed E-state index contributed by atoms with van der Waals surface area (Å²) in [6.45, 7) is 2.37. The summed E-state index contributed by atoms with van der Waals surface area (Å²) in [5, 5.41) is 12.4. The Balaban J connectivity index is 2.53. The molecule has 0 unspecified atom stereocenters. The number of hydrogen-bond donors (Lipinski definition) is 1. The molecule has 0 fully saturated rings. The van der Waals surface area contributed by atoms with Crippen molar-refractivity contribution in [3.63, 3.8) is 0 Å². The van der Waals surface area contributed by atoms with Crippen LogP contribution in [0, 0.1) is 6.92 Å². The number of carboxylic acid groups (broad SMARTS) is 1. The van der Waals surface area contributed by atoms with Crippen molar-refractivity contribution in [2.24, 2.45) is 0 Å². The maximum Gasteiger partial charge on any atom is 0.303 e. The van der Waals surface area contributed by atoms with Gasteiger partial charge in [0.1, 0.15) is 5.69 Å². The number of carbonyl (C=O) groups excluding carboxylic acids is 1. The second-order valence-corrected chi connectivity index (χ2v) is 3.05. The van der Waals surface area contributed by atoms with Gasteiger partial charge in [-0.1, -0.05) is 0 Å². The van der Waals surface area contributed by atoms with E-state index in [-0.39, 0.29) is 6.42 Å². The van der Waals surface area contributed by atoms with Crippen LogP contribution in [0.1, 0.15) is 29.0 Å². The Morgan fingerprint density at radius 2 is 2.43 bits per heavy atom. The molecule has 0 atom stereocenters. The lowest BCUT2D eigenvalue weighted by molar-refractivity contribution is -0.137. The molecule has 0 saturated heterocycles. The van der Waals surface area contributed by atoms with E-state index < -0.39 is 5.97 Å². The number of aryl methyl sites for hydroxylation is 2. The van der Waals surface area contributed by atoms with Crippen LogP contribution in [-0.2, 0) is 11.3 Å². The predicted octanol–water partition coefficient (Wildman–Crippen LogP) is 0.869. The summed E-state index contributed by atoms with van der Waals surface area (Å²) >= 11 is 0. The van der Waals surface area contributed by atoms with Crippen LogP contribution >= 0.6 is 0 Å². The number of hydrogen-bond acceptors (Lipinski definition) is 3. The number of aliphatic carboxylic acids is 1. The van der Waals surface area contributed by atoms with Gasteiger partial charge in [-0.2, -0.15) is 5.10 Å². The fourth-order valence-electron chi connectivity index (χ4n) is 1.20. The molecule has 1 N–H and O–H groups in total. The third-order valence-electron chi connectivity index (χ3n) is 1.88. The van der Waals surface area contributed by atoms with E-state index in [9.17, 15) is 9.59 Å². The molecule has 76 valence electrons. The third-order valence-corrected chi connectivity index (χ3v) is 1.88. The fourth-order valence-corrected chi connectivity index (χ4v) is 1.20. The Kier molecular flexibility index (Phi) is 3.39. The fraction of sp³-hybridized carbons (Fsp3) is 0.444. The summed E-state index contributed by atoms with van der Waals surface area (Å²) in [4.78, 5) is 20.6. The summed E-state index contributed by atoms with van der Waals surface area (Å²) in [5.41, 5.74) is 1.26. The molecule has 0 saturated carbocycles. The van der Waals surface area contributed by atoms with E-state index in [4.69, 9.17) is 5.11 Å². The molecule has 1 heterocycles. The van der Waals surface area contributed by atoms with E-state index in [2.05, 4.69) is 5.10 Å². The Labute approximate surface area is 81.3 Å². The summed E-state index contributed by atoms with van der Waals surface area (Å²) in [5.74, 6) is -0.814. The summed E-state index contributed by atoms with van der Waals surface area (Å²) in [6.07, 6.45) is 1.33. The average molecular weight is 196 g/mol. The van der Waals surface area contributed by atoms with Gasteiger partial charge in [0.2, 0.25) is 0 Å². The van der Waals surface area contributed by atoms with Crippen LogP contribution in [-0.4, -0.2) is 27.1 Å². The highest BCUT2D eigenvalue weighted by atomic mass is 16.4. The Morgan fingerprint density at radius 1 is 1.71 bits per heavy atom. The molecule has 5 heteroatoms. The molecule has 5 nitrogen and oxygen atoms in total. The van der Waals surface area contributed by atoms with Gasteiger partial charge in [-0.25, -0.2) is 0 Å². The van der Waals surface area contributed by atoms with E-state index in [1.807, 2.05) is 6.92 Å². The number of nitrogens with zero attached hydrogens (tertiary/aromatic N) is 2. The summed E-state index contributed by atoms with van der Waals surface area (Å²) in [7, 11) is 0. The molecule has 0 aliphatic heterocycles. The van der Waals surface area contributed by atoms with Gasteiger partial charge in [-0.05, 0) is 19.4 Å². The SMILES string of the molecule is Cc1cc(C=O)nn1CCCC(=O)O. The van der Waals surface area contributed by atoms with Crippen LogP contribution in [0.3, 0.4) is 0 Å². The highest BCUT2D eigenvalue weighted by molar-refractivity contribution is 5.71. The quantitative estimate of drug-likeness (QED) is 0.709. The molecular formula is C9H12N2O3. The minimum Gasteiger partial charge on any atom is -0.481 e. The highest BCUT2D eigenvalue weighted by Crippen LogP contribution is 2.03. The van der Waals surface area contributed by atoms with Crippen molar-refractivity contribution in [3.05, 3.63) is 17.5 Å². The van der Waals surface area contributed by atoms with Gasteiger partial charge < -0.3 is 5.11 Å². The zero-order valence-electron chi connectivity index (χ0n) is 7.93. The molecule has 1 rings (SSSR count). The molecule has 0 radical (unpaired) electrons. The molecule has 0 spiro atoms. The average Bonchev–Trinajstić information content (AvgIpc) is 2.47. The van der Waals surface area contributed by atoms with Crippen LogP contribution in [0.2, 0.25) is 0 Å². The highest BCUT2D eigenvalue weighted by Gasteiger charge is 2.03. The number of aromatic nitrogens is 2. The van der Waals surface area contributed by atoms with Crippen molar-refractivity contribution < 1.29 is 14.7 Å². The Morgan fingerprint density at radius 3 is 2.93 bits per heavy atom. The van der Waals surface area contributed by atoms with Crippen molar-refractivity contribution in [2.45, 2.75) is 26.3 Å². The molecule has 0 bridgehead atoms. The monoisotopic (exact) mass is 196 g/mol. The first-order valence-corrected chi connectivity index (χ1v) is 4.35. The van der Waals surface area contributed by atoms with Gasteiger partial charge in [0.05, 0.1) is 0 Å². The van der Waals surface area contributed by atoms with Crippen LogP contribution in [0.25, 0.3) is 0 Å². The minimum atomic E-state index is -0.814. The van der Waals surface area contributed by atoms with E-state index >= 15 is 0 Å². The molecule has 1 aromatic heterocycles. The standard InChI is InChI=1S/C9H12N2O3/c1-7-5-8(6-12)10-11(7)4-2-3-9(13)14/h5-6H,2-4H2,1H3,(H,13,14). The van der Waals surface area contributed by atoms with E-state index in [1.165, 1.54) is 0 Å². The summed E-state index contributed by atoms with van der Waals surface area (Å²) in [6, 6.07) is 1.67. The van der Waals surface area contributed by atoms with E-state index in [0.29, 0.717) is 24.9 Å². The second-order valence-electron chi connectivity index (χ2n) is 3.05. The molecule has 14 heavy (non-hydrogen) atoms. The third kappa shape index (κ3) is 2.69. The zero-order valence-corrected chi connectivity index (χ0v) is 7.93.